The molecule has 0 saturated heterocycles. The monoisotopic (exact) mass is 330 g/mol. The first kappa shape index (κ1) is 13.0. The van der Waals surface area contributed by atoms with Crippen molar-refractivity contribution in [2.24, 2.45) is 0 Å². The number of hydrogen-bond acceptors (Lipinski definition) is 5. The molecule has 2 aromatic rings. The summed E-state index contributed by atoms with van der Waals surface area (Å²) in [6.45, 7) is 4.02. The molecule has 96 valence electrons. The molecule has 18 heavy (non-hydrogen) atoms. The highest BCUT2D eigenvalue weighted by atomic mass is 79.9. The van der Waals surface area contributed by atoms with Crippen LogP contribution in [0.4, 0.5) is 11.5 Å². The van der Waals surface area contributed by atoms with Crippen LogP contribution in [0.15, 0.2) is 10.5 Å². The minimum absolute atomic E-state index is 0.0969. The van der Waals surface area contributed by atoms with Crippen LogP contribution in [0.25, 0.3) is 0 Å². The molecule has 0 atom stereocenters. The molecule has 0 aliphatic rings. The molecular weight excluding hydrogens is 320 g/mol. The summed E-state index contributed by atoms with van der Waals surface area (Å²) in [5.74, 6) is 0.0969. The maximum Gasteiger partial charge on any atom is 0.333 e. The average Bonchev–Trinajstić information content (AvgIpc) is 2.69. The summed E-state index contributed by atoms with van der Waals surface area (Å²) in [6, 6.07) is 1.97. The Kier molecular flexibility index (Phi) is 3.40. The van der Waals surface area contributed by atoms with Crippen molar-refractivity contribution in [3.63, 3.8) is 0 Å². The Bertz CT molecular complexity index is 600. The topological polar surface area (TPSA) is 87.0 Å². The maximum absolute atomic E-state index is 10.8. The lowest BCUT2D eigenvalue weighted by molar-refractivity contribution is -0.384. The van der Waals surface area contributed by atoms with Crippen molar-refractivity contribution >= 4 is 38.8 Å². The van der Waals surface area contributed by atoms with Crippen molar-refractivity contribution in [2.45, 2.75) is 20.4 Å². The van der Waals surface area contributed by atoms with Gasteiger partial charge in [0.15, 0.2) is 0 Å². The van der Waals surface area contributed by atoms with Crippen LogP contribution in [0.5, 0.6) is 0 Å². The zero-order valence-electron chi connectivity index (χ0n) is 9.81. The van der Waals surface area contributed by atoms with E-state index in [2.05, 4.69) is 21.0 Å². The maximum atomic E-state index is 10.8. The van der Waals surface area contributed by atoms with Gasteiger partial charge in [-0.05, 0) is 35.8 Å². The van der Waals surface area contributed by atoms with Crippen LogP contribution in [0, 0.1) is 24.0 Å². The zero-order valence-corrected chi connectivity index (χ0v) is 12.2. The number of thiophene rings is 1. The number of nitrogens with two attached hydrogens (primary N) is 1. The summed E-state index contributed by atoms with van der Waals surface area (Å²) >= 11 is 5.04. The van der Waals surface area contributed by atoms with Gasteiger partial charge in [0.2, 0.25) is 5.82 Å². The van der Waals surface area contributed by atoms with E-state index in [1.165, 1.54) is 4.68 Å². The first-order chi connectivity index (χ1) is 8.40. The van der Waals surface area contributed by atoms with Crippen molar-refractivity contribution in [1.82, 2.24) is 9.78 Å². The lowest BCUT2D eigenvalue weighted by Crippen LogP contribution is -2.05. The summed E-state index contributed by atoms with van der Waals surface area (Å²) in [7, 11) is 0. The van der Waals surface area contributed by atoms with Crippen molar-refractivity contribution in [3.05, 3.63) is 36.1 Å². The quantitative estimate of drug-likeness (QED) is 0.692. The number of halogens is 1. The Hall–Kier alpha value is -1.41. The standard InChI is InChI=1S/C10H11BrN4O2S/c1-5-9(15(16)17)10(12)14(13-5)4-7-3-8(11)6(2)18-7/h3H,4,12H2,1-2H3. The summed E-state index contributed by atoms with van der Waals surface area (Å²) in [5.41, 5.74) is 5.98. The van der Waals surface area contributed by atoms with Crippen molar-refractivity contribution in [1.29, 1.82) is 0 Å². The van der Waals surface area contributed by atoms with E-state index in [1.807, 2.05) is 13.0 Å². The molecule has 0 aliphatic heterocycles. The van der Waals surface area contributed by atoms with E-state index in [1.54, 1.807) is 18.3 Å². The first-order valence-electron chi connectivity index (χ1n) is 5.12. The van der Waals surface area contributed by atoms with Gasteiger partial charge in [0, 0.05) is 14.2 Å². The van der Waals surface area contributed by atoms with Gasteiger partial charge in [0.25, 0.3) is 0 Å². The fourth-order valence-electron chi connectivity index (χ4n) is 1.68. The average molecular weight is 331 g/mol. The molecule has 6 nitrogen and oxygen atoms in total. The molecule has 2 aromatic heterocycles. The van der Waals surface area contributed by atoms with Gasteiger partial charge in [-0.15, -0.1) is 11.3 Å². The van der Waals surface area contributed by atoms with Crippen LogP contribution in [0.2, 0.25) is 0 Å². The summed E-state index contributed by atoms with van der Waals surface area (Å²) in [4.78, 5) is 12.5. The van der Waals surface area contributed by atoms with Gasteiger partial charge in [-0.1, -0.05) is 0 Å². The number of hydrogen-bond donors (Lipinski definition) is 1. The Morgan fingerprint density at radius 3 is 2.72 bits per heavy atom. The second-order valence-electron chi connectivity index (χ2n) is 3.85. The fraction of sp³-hybridized carbons (Fsp3) is 0.300. The number of aryl methyl sites for hydroxylation is 2. The molecule has 0 unspecified atom stereocenters. The number of aromatic nitrogens is 2. The molecular formula is C10H11BrN4O2S. The van der Waals surface area contributed by atoms with E-state index in [9.17, 15) is 10.1 Å². The normalized spacial score (nSPS) is 10.8. The van der Waals surface area contributed by atoms with Gasteiger partial charge in [0.1, 0.15) is 5.69 Å². The van der Waals surface area contributed by atoms with Crippen LogP contribution >= 0.6 is 27.3 Å². The molecule has 2 heterocycles. The largest absolute Gasteiger partial charge is 0.378 e. The highest BCUT2D eigenvalue weighted by Gasteiger charge is 2.23. The lowest BCUT2D eigenvalue weighted by atomic mass is 10.4. The first-order valence-corrected chi connectivity index (χ1v) is 6.73. The van der Waals surface area contributed by atoms with Crippen molar-refractivity contribution in [3.8, 4) is 0 Å². The molecule has 2 rings (SSSR count). The SMILES string of the molecule is Cc1nn(Cc2cc(Br)c(C)s2)c(N)c1[N+](=O)[O-]. The smallest absolute Gasteiger partial charge is 0.333 e. The molecule has 0 spiro atoms. The van der Waals surface area contributed by atoms with Gasteiger partial charge < -0.3 is 5.73 Å². The Balaban J connectivity index is 2.35. The molecule has 8 heteroatoms. The third-order valence-corrected chi connectivity index (χ3v) is 4.65. The van der Waals surface area contributed by atoms with E-state index >= 15 is 0 Å². The third kappa shape index (κ3) is 2.25. The Morgan fingerprint density at radius 2 is 2.28 bits per heavy atom. The van der Waals surface area contributed by atoms with Gasteiger partial charge >= 0.3 is 5.69 Å². The Morgan fingerprint density at radius 1 is 1.61 bits per heavy atom. The lowest BCUT2D eigenvalue weighted by Gasteiger charge is -2.00. The molecule has 0 aromatic carbocycles. The van der Waals surface area contributed by atoms with Crippen LogP contribution < -0.4 is 5.73 Å². The number of rotatable bonds is 3. The molecule has 0 fully saturated rings. The van der Waals surface area contributed by atoms with E-state index in [0.29, 0.717) is 12.2 Å². The number of nitrogen functional groups attached to an aromatic ring is 1. The number of nitro groups is 1. The second kappa shape index (κ2) is 4.69. The molecule has 0 amide bonds. The highest BCUT2D eigenvalue weighted by Crippen LogP contribution is 2.30. The van der Waals surface area contributed by atoms with Crippen LogP contribution in [0.3, 0.4) is 0 Å². The van der Waals surface area contributed by atoms with E-state index < -0.39 is 4.92 Å². The van der Waals surface area contributed by atoms with Gasteiger partial charge in [-0.25, -0.2) is 4.68 Å². The second-order valence-corrected chi connectivity index (χ2v) is 6.05. The van der Waals surface area contributed by atoms with E-state index in [0.717, 1.165) is 14.2 Å². The predicted molar refractivity (Wildman–Crippen MR) is 73.9 cm³/mol. The van der Waals surface area contributed by atoms with Gasteiger partial charge in [-0.2, -0.15) is 5.10 Å². The summed E-state index contributed by atoms with van der Waals surface area (Å²) in [5, 5.41) is 14.9. The predicted octanol–water partition coefficient (Wildman–Crippen LogP) is 2.86. The third-order valence-electron chi connectivity index (χ3n) is 2.53. The minimum atomic E-state index is -0.496. The number of nitrogens with zero attached hydrogens (tertiary/aromatic N) is 3. The van der Waals surface area contributed by atoms with Gasteiger partial charge in [0.05, 0.1) is 11.5 Å². The molecule has 0 aliphatic carbocycles. The van der Waals surface area contributed by atoms with Gasteiger partial charge in [-0.3, -0.25) is 10.1 Å². The summed E-state index contributed by atoms with van der Waals surface area (Å²) in [6.07, 6.45) is 0. The molecule has 0 bridgehead atoms. The van der Waals surface area contributed by atoms with Crippen LogP contribution in [-0.4, -0.2) is 14.7 Å². The fourth-order valence-corrected chi connectivity index (χ4v) is 3.26. The minimum Gasteiger partial charge on any atom is -0.378 e. The molecule has 0 saturated carbocycles. The Labute approximate surface area is 116 Å². The summed E-state index contributed by atoms with van der Waals surface area (Å²) < 4.78 is 2.49. The molecule has 0 radical (unpaired) electrons. The highest BCUT2D eigenvalue weighted by molar-refractivity contribution is 9.10. The zero-order chi connectivity index (χ0) is 13.4. The van der Waals surface area contributed by atoms with Crippen LogP contribution in [0.1, 0.15) is 15.4 Å². The van der Waals surface area contributed by atoms with Crippen LogP contribution in [-0.2, 0) is 6.54 Å². The van der Waals surface area contributed by atoms with E-state index in [-0.39, 0.29) is 11.5 Å². The number of anilines is 1. The van der Waals surface area contributed by atoms with Crippen molar-refractivity contribution < 1.29 is 4.92 Å². The van der Waals surface area contributed by atoms with Crippen molar-refractivity contribution in [2.75, 3.05) is 5.73 Å². The molecule has 2 N–H and O–H groups in total. The van der Waals surface area contributed by atoms with E-state index in [4.69, 9.17) is 5.73 Å².